The first-order chi connectivity index (χ1) is 14.2. The van der Waals surface area contributed by atoms with Crippen LogP contribution in [-0.4, -0.2) is 118 Å². The molecule has 0 saturated carbocycles. The molecule has 2 fully saturated rings. The predicted octanol–water partition coefficient (Wildman–Crippen LogP) is -13.0. The SMILES string of the molecule is CC(=O)N[C@H]1C(O)O[C@H](COS(=O)(=O)[O-])[C@H](O)[C@@H]1O[C@@H]1O[C@H](C(=O)[O-])[C@@H](O)[C@H](O)[C@H]1O.[Na+].[Na+]. The van der Waals surface area contributed by atoms with Crippen molar-refractivity contribution >= 4 is 22.3 Å². The maximum absolute atomic E-state index is 11.4. The maximum Gasteiger partial charge on any atom is 1.00 e. The first kappa shape index (κ1) is 33.5. The van der Waals surface area contributed by atoms with Crippen LogP contribution in [0.1, 0.15) is 6.92 Å². The van der Waals surface area contributed by atoms with Gasteiger partial charge in [0.2, 0.25) is 16.3 Å². The van der Waals surface area contributed by atoms with Crippen LogP contribution in [0.5, 0.6) is 0 Å². The number of ether oxygens (including phenoxy) is 3. The third-order valence-electron chi connectivity index (χ3n) is 4.53. The third kappa shape index (κ3) is 8.83. The fraction of sp³-hybridized carbons (Fsp3) is 0.857. The van der Waals surface area contributed by atoms with Crippen LogP contribution in [0, 0.1) is 0 Å². The Morgan fingerprint density at radius 1 is 1.00 bits per heavy atom. The summed E-state index contributed by atoms with van der Waals surface area (Å²) in [6, 6.07) is -1.58. The Morgan fingerprint density at radius 2 is 1.58 bits per heavy atom. The molecule has 2 aliphatic heterocycles. The fourth-order valence-corrected chi connectivity index (χ4v) is 3.38. The number of hydrogen-bond acceptors (Lipinski definition) is 15. The van der Waals surface area contributed by atoms with Crippen LogP contribution >= 0.6 is 0 Å². The number of hydrogen-bond donors (Lipinski definition) is 6. The van der Waals surface area contributed by atoms with E-state index in [1.54, 1.807) is 0 Å². The van der Waals surface area contributed by atoms with E-state index in [1.165, 1.54) is 0 Å². The van der Waals surface area contributed by atoms with Gasteiger partial charge in [0.15, 0.2) is 12.6 Å². The van der Waals surface area contributed by atoms with E-state index in [4.69, 9.17) is 14.2 Å². The number of carboxylic acid groups (broad SMARTS) is 1. The molecule has 0 aromatic heterocycles. The van der Waals surface area contributed by atoms with Crippen molar-refractivity contribution in [3.8, 4) is 0 Å². The Kier molecular flexibility index (Phi) is 13.9. The largest absolute Gasteiger partial charge is 1.00 e. The van der Waals surface area contributed by atoms with Crippen LogP contribution < -0.4 is 69.5 Å². The van der Waals surface area contributed by atoms with Gasteiger partial charge in [-0.15, -0.1) is 0 Å². The van der Waals surface area contributed by atoms with Crippen molar-refractivity contribution in [2.75, 3.05) is 6.61 Å². The van der Waals surface area contributed by atoms with Gasteiger partial charge in [-0.25, -0.2) is 8.42 Å². The predicted molar refractivity (Wildman–Crippen MR) is 86.7 cm³/mol. The molecule has 2 saturated heterocycles. The molecule has 6 N–H and O–H groups in total. The van der Waals surface area contributed by atoms with Crippen molar-refractivity contribution < 1.29 is 131 Å². The number of aliphatic hydroxyl groups is 5. The van der Waals surface area contributed by atoms with E-state index < -0.39 is 90.2 Å². The zero-order valence-corrected chi connectivity index (χ0v) is 22.5. The molecule has 19 heteroatoms. The molecule has 0 aromatic carbocycles. The van der Waals surface area contributed by atoms with Gasteiger partial charge in [-0.1, -0.05) is 0 Å². The van der Waals surface area contributed by atoms with E-state index in [1.807, 2.05) is 0 Å². The summed E-state index contributed by atoms with van der Waals surface area (Å²) in [6.45, 7) is -0.0542. The van der Waals surface area contributed by atoms with Crippen molar-refractivity contribution in [3.05, 3.63) is 0 Å². The van der Waals surface area contributed by atoms with E-state index in [9.17, 15) is 53.2 Å². The van der Waals surface area contributed by atoms with Gasteiger partial charge in [-0.3, -0.25) is 8.98 Å². The first-order valence-corrected chi connectivity index (χ1v) is 10.0. The standard InChI is InChI=1S/C14H23NO15S.2Na/c1-3(16)15-5-10(6(17)4(28-13(5)23)2-27-31(24,25)26)29-14-9(20)7(18)8(19)11(30-14)12(21)22;;/h4-11,13-14,17-20,23H,2H2,1H3,(H,15,16)(H,21,22)(H,24,25,26);;/q;2*+1/p-2/t4-,5-,6+,7+,8+,9-,10-,11+,13?,14-;;/m1../s1. The average molecular weight is 521 g/mol. The van der Waals surface area contributed by atoms with Gasteiger partial charge in [-0.2, -0.15) is 0 Å². The number of aliphatic hydroxyl groups excluding tert-OH is 5. The van der Waals surface area contributed by atoms with Crippen LogP contribution in [0.2, 0.25) is 0 Å². The number of rotatable bonds is 7. The Balaban J connectivity index is 0.00000512. The molecule has 2 rings (SSSR count). The summed E-state index contributed by atoms with van der Waals surface area (Å²) in [5.41, 5.74) is 0. The molecule has 0 spiro atoms. The van der Waals surface area contributed by atoms with Gasteiger partial charge in [-0.05, 0) is 0 Å². The second kappa shape index (κ2) is 13.7. The molecule has 2 heterocycles. The van der Waals surface area contributed by atoms with Crippen LogP contribution in [0.3, 0.4) is 0 Å². The fourth-order valence-electron chi connectivity index (χ4n) is 3.08. The van der Waals surface area contributed by atoms with E-state index in [0.717, 1.165) is 6.92 Å². The summed E-state index contributed by atoms with van der Waals surface area (Å²) < 4.78 is 51.0. The van der Waals surface area contributed by atoms with Gasteiger partial charge >= 0.3 is 59.1 Å². The molecule has 1 amide bonds. The number of carboxylic acids is 1. The molecule has 33 heavy (non-hydrogen) atoms. The van der Waals surface area contributed by atoms with Crippen LogP contribution in [-0.2, 0) is 38.4 Å². The molecule has 10 atom stereocenters. The summed E-state index contributed by atoms with van der Waals surface area (Å²) in [5.74, 6) is -2.72. The summed E-state index contributed by atoms with van der Waals surface area (Å²) >= 11 is 0. The topological polar surface area (TPSA) is 264 Å². The zero-order valence-electron chi connectivity index (χ0n) is 17.7. The minimum Gasteiger partial charge on any atom is -0.726 e. The van der Waals surface area contributed by atoms with Crippen molar-refractivity contribution in [1.29, 1.82) is 0 Å². The minimum absolute atomic E-state index is 0. The molecule has 0 aromatic rings. The van der Waals surface area contributed by atoms with Gasteiger partial charge < -0.3 is 59.5 Å². The Hall–Kier alpha value is 0.490. The summed E-state index contributed by atoms with van der Waals surface area (Å²) in [7, 11) is -5.21. The van der Waals surface area contributed by atoms with Gasteiger partial charge in [0, 0.05) is 6.92 Å². The Bertz CT molecular complexity index is 772. The molecular weight excluding hydrogens is 500 g/mol. The molecule has 0 radical (unpaired) electrons. The normalized spacial score (nSPS) is 39.0. The van der Waals surface area contributed by atoms with Crippen molar-refractivity contribution in [2.24, 2.45) is 0 Å². The number of nitrogens with one attached hydrogen (secondary N) is 1. The van der Waals surface area contributed by atoms with Gasteiger partial charge in [0.25, 0.3) is 0 Å². The first-order valence-electron chi connectivity index (χ1n) is 8.68. The Morgan fingerprint density at radius 3 is 2.06 bits per heavy atom. The number of aliphatic carboxylic acids is 1. The van der Waals surface area contributed by atoms with E-state index in [-0.39, 0.29) is 59.1 Å². The van der Waals surface area contributed by atoms with Gasteiger partial charge in [0.1, 0.15) is 48.8 Å². The van der Waals surface area contributed by atoms with Crippen LogP contribution in [0.4, 0.5) is 0 Å². The van der Waals surface area contributed by atoms with Crippen molar-refractivity contribution in [2.45, 2.75) is 68.3 Å². The molecule has 0 aliphatic carbocycles. The minimum atomic E-state index is -5.21. The second-order valence-corrected chi connectivity index (χ2v) is 7.84. The monoisotopic (exact) mass is 521 g/mol. The molecule has 1 unspecified atom stereocenters. The van der Waals surface area contributed by atoms with Crippen LogP contribution in [0.25, 0.3) is 0 Å². The Labute approximate surface area is 231 Å². The summed E-state index contributed by atoms with van der Waals surface area (Å²) in [6.07, 6.45) is -17.8. The van der Waals surface area contributed by atoms with Gasteiger partial charge in [0.05, 0.1) is 12.6 Å². The number of carbonyl (C=O) groups is 2. The second-order valence-electron chi connectivity index (χ2n) is 6.79. The molecule has 180 valence electrons. The molecule has 0 bridgehead atoms. The average Bonchev–Trinajstić information content (AvgIpc) is 2.64. The number of carbonyl (C=O) groups excluding carboxylic acids is 2. The smallest absolute Gasteiger partial charge is 0.726 e. The summed E-state index contributed by atoms with van der Waals surface area (Å²) in [4.78, 5) is 22.5. The molecule has 16 nitrogen and oxygen atoms in total. The molecular formula is C14H21NNa2O15S. The van der Waals surface area contributed by atoms with Crippen molar-refractivity contribution in [3.63, 3.8) is 0 Å². The van der Waals surface area contributed by atoms with E-state index in [0.29, 0.717) is 0 Å². The summed E-state index contributed by atoms with van der Waals surface area (Å²) in [5, 5.41) is 63.4. The van der Waals surface area contributed by atoms with E-state index >= 15 is 0 Å². The third-order valence-corrected chi connectivity index (χ3v) is 4.96. The molecule has 2 aliphatic rings. The van der Waals surface area contributed by atoms with Crippen LogP contribution in [0.15, 0.2) is 0 Å². The zero-order chi connectivity index (χ0) is 23.7. The maximum atomic E-state index is 11.4. The van der Waals surface area contributed by atoms with E-state index in [2.05, 4.69) is 9.50 Å². The quantitative estimate of drug-likeness (QED) is 0.103. The number of amides is 1. The van der Waals surface area contributed by atoms with Crippen molar-refractivity contribution in [1.82, 2.24) is 5.32 Å².